The van der Waals surface area contributed by atoms with Crippen LogP contribution < -0.4 is 16.2 Å². The Kier molecular flexibility index (Phi) is 5.53. The van der Waals surface area contributed by atoms with E-state index in [1.807, 2.05) is 6.08 Å². The van der Waals surface area contributed by atoms with Crippen molar-refractivity contribution in [3.05, 3.63) is 69.8 Å². The minimum Gasteiger partial charge on any atom is -0.363 e. The fourth-order valence-electron chi connectivity index (χ4n) is 3.75. The number of alkyl halides is 3. The minimum absolute atomic E-state index is 0.142. The molecule has 31 heavy (non-hydrogen) atoms. The molecule has 4 rings (SSSR count). The quantitative estimate of drug-likeness (QED) is 0.658. The Bertz CT molecular complexity index is 1220. The predicted molar refractivity (Wildman–Crippen MR) is 114 cm³/mol. The molecule has 1 unspecified atom stereocenters. The second-order valence-electron chi connectivity index (χ2n) is 7.55. The molecule has 1 aliphatic heterocycles. The molecule has 0 amide bonds. The lowest BCUT2D eigenvalue weighted by Gasteiger charge is -2.19. The number of nitrogens with zero attached hydrogens (tertiary/aromatic N) is 3. The summed E-state index contributed by atoms with van der Waals surface area (Å²) in [6, 6.07) is 6.53. The van der Waals surface area contributed by atoms with Gasteiger partial charge in [0.1, 0.15) is 17.8 Å². The molecule has 1 aromatic carbocycles. The van der Waals surface area contributed by atoms with Gasteiger partial charge < -0.3 is 10.6 Å². The molecule has 1 atom stereocenters. The number of halogens is 3. The second kappa shape index (κ2) is 8.14. The SMILES string of the molecule is CC(Nc1ncnc2c1cc(C1=CCNCC1)c(=O)n2C)c1cccc(C(F)(F)F)c1. The number of hydrogen-bond acceptors (Lipinski definition) is 5. The molecule has 0 spiro atoms. The molecule has 0 aliphatic carbocycles. The van der Waals surface area contributed by atoms with Crippen molar-refractivity contribution in [1.29, 1.82) is 0 Å². The Morgan fingerprint density at radius 1 is 1.23 bits per heavy atom. The highest BCUT2D eigenvalue weighted by molar-refractivity contribution is 5.89. The lowest BCUT2D eigenvalue weighted by molar-refractivity contribution is -0.137. The van der Waals surface area contributed by atoms with Gasteiger partial charge in [-0.15, -0.1) is 0 Å². The molecular weight excluding hydrogens is 407 g/mol. The Labute approximate surface area is 176 Å². The van der Waals surface area contributed by atoms with Crippen molar-refractivity contribution in [2.45, 2.75) is 25.6 Å². The maximum Gasteiger partial charge on any atom is 0.416 e. The van der Waals surface area contributed by atoms with E-state index in [4.69, 9.17) is 0 Å². The Balaban J connectivity index is 1.75. The molecule has 0 bridgehead atoms. The molecule has 6 nitrogen and oxygen atoms in total. The van der Waals surface area contributed by atoms with Crippen molar-refractivity contribution >= 4 is 22.4 Å². The summed E-state index contributed by atoms with van der Waals surface area (Å²) < 4.78 is 40.7. The first-order chi connectivity index (χ1) is 14.8. The number of hydrogen-bond donors (Lipinski definition) is 2. The fraction of sp³-hybridized carbons (Fsp3) is 0.318. The van der Waals surface area contributed by atoms with Crippen LogP contribution in [0.4, 0.5) is 19.0 Å². The molecule has 2 aromatic heterocycles. The van der Waals surface area contributed by atoms with Gasteiger partial charge in [-0.05, 0) is 49.2 Å². The molecule has 3 heterocycles. The van der Waals surface area contributed by atoms with Gasteiger partial charge in [0.15, 0.2) is 0 Å². The number of fused-ring (bicyclic) bond motifs is 1. The Morgan fingerprint density at radius 2 is 2.03 bits per heavy atom. The van der Waals surface area contributed by atoms with E-state index in [0.717, 1.165) is 30.7 Å². The standard InChI is InChI=1S/C22H22F3N5O/c1-13(15-4-3-5-16(10-15)22(23,24)25)29-19-18-11-17(14-6-8-26-9-7-14)21(31)30(2)20(18)28-12-27-19/h3-6,10-13,26H,7-9H2,1-2H3,(H,27,28,29). The maximum absolute atomic E-state index is 13.1. The lowest BCUT2D eigenvalue weighted by Crippen LogP contribution is -2.26. The summed E-state index contributed by atoms with van der Waals surface area (Å²) in [6.07, 6.45) is -0.342. The van der Waals surface area contributed by atoms with E-state index in [9.17, 15) is 18.0 Å². The van der Waals surface area contributed by atoms with Gasteiger partial charge in [-0.2, -0.15) is 13.2 Å². The number of aromatic nitrogens is 3. The van der Waals surface area contributed by atoms with Crippen molar-refractivity contribution in [2.75, 3.05) is 18.4 Å². The third-order valence-corrected chi connectivity index (χ3v) is 5.48. The number of aryl methyl sites for hydroxylation is 1. The minimum atomic E-state index is -4.41. The molecule has 0 saturated carbocycles. The topological polar surface area (TPSA) is 71.8 Å². The molecule has 3 aromatic rings. The molecule has 0 fully saturated rings. The Hall–Kier alpha value is -3.20. The number of nitrogens with one attached hydrogen (secondary N) is 2. The van der Waals surface area contributed by atoms with Crippen LogP contribution in [0, 0.1) is 0 Å². The maximum atomic E-state index is 13.1. The first-order valence-electron chi connectivity index (χ1n) is 9.94. The third-order valence-electron chi connectivity index (χ3n) is 5.48. The van der Waals surface area contributed by atoms with Crippen molar-refractivity contribution in [1.82, 2.24) is 19.9 Å². The van der Waals surface area contributed by atoms with E-state index >= 15 is 0 Å². The van der Waals surface area contributed by atoms with Gasteiger partial charge in [0.2, 0.25) is 0 Å². The molecule has 162 valence electrons. The predicted octanol–water partition coefficient (Wildman–Crippen LogP) is 3.90. The van der Waals surface area contributed by atoms with Gasteiger partial charge in [-0.1, -0.05) is 18.2 Å². The van der Waals surface area contributed by atoms with E-state index < -0.39 is 17.8 Å². The van der Waals surface area contributed by atoms with Crippen LogP contribution in [0.3, 0.4) is 0 Å². The average Bonchev–Trinajstić information content (AvgIpc) is 2.76. The second-order valence-corrected chi connectivity index (χ2v) is 7.55. The lowest BCUT2D eigenvalue weighted by atomic mass is 10.0. The zero-order valence-corrected chi connectivity index (χ0v) is 17.1. The van der Waals surface area contributed by atoms with Crippen LogP contribution in [0.25, 0.3) is 16.6 Å². The van der Waals surface area contributed by atoms with Gasteiger partial charge in [-0.25, -0.2) is 9.97 Å². The van der Waals surface area contributed by atoms with Crippen LogP contribution >= 0.6 is 0 Å². The number of pyridine rings is 1. The van der Waals surface area contributed by atoms with Crippen molar-refractivity contribution in [2.24, 2.45) is 7.05 Å². The van der Waals surface area contributed by atoms with Crippen molar-refractivity contribution in [3.8, 4) is 0 Å². The summed E-state index contributed by atoms with van der Waals surface area (Å²) >= 11 is 0. The van der Waals surface area contributed by atoms with Gasteiger partial charge in [0.05, 0.1) is 10.9 Å². The monoisotopic (exact) mass is 429 g/mol. The summed E-state index contributed by atoms with van der Waals surface area (Å²) in [7, 11) is 1.66. The third kappa shape index (κ3) is 4.18. The molecule has 9 heteroatoms. The van der Waals surface area contributed by atoms with Crippen LogP contribution in [0.1, 0.15) is 36.1 Å². The van der Waals surface area contributed by atoms with Crippen LogP contribution in [-0.2, 0) is 13.2 Å². The number of rotatable bonds is 4. The number of anilines is 1. The van der Waals surface area contributed by atoms with Crippen LogP contribution in [0.5, 0.6) is 0 Å². The zero-order chi connectivity index (χ0) is 22.2. The molecule has 1 aliphatic rings. The fourth-order valence-corrected chi connectivity index (χ4v) is 3.75. The first-order valence-corrected chi connectivity index (χ1v) is 9.94. The highest BCUT2D eigenvalue weighted by Gasteiger charge is 2.30. The zero-order valence-electron chi connectivity index (χ0n) is 17.1. The van der Waals surface area contributed by atoms with E-state index in [1.54, 1.807) is 26.1 Å². The summed E-state index contributed by atoms with van der Waals surface area (Å²) in [5, 5.41) is 7.05. The van der Waals surface area contributed by atoms with Crippen molar-refractivity contribution in [3.63, 3.8) is 0 Å². The van der Waals surface area contributed by atoms with E-state index in [1.165, 1.54) is 17.0 Å². The molecule has 0 radical (unpaired) electrons. The summed E-state index contributed by atoms with van der Waals surface area (Å²) in [5.41, 5.74) is 1.64. The van der Waals surface area contributed by atoms with Gasteiger partial charge in [-0.3, -0.25) is 9.36 Å². The highest BCUT2D eigenvalue weighted by atomic mass is 19.4. The van der Waals surface area contributed by atoms with E-state index in [2.05, 4.69) is 20.6 Å². The summed E-state index contributed by atoms with van der Waals surface area (Å²) in [5.74, 6) is 0.460. The van der Waals surface area contributed by atoms with Gasteiger partial charge in [0, 0.05) is 25.2 Å². The largest absolute Gasteiger partial charge is 0.416 e. The van der Waals surface area contributed by atoms with Gasteiger partial charge >= 0.3 is 6.18 Å². The number of benzene rings is 1. The van der Waals surface area contributed by atoms with Crippen LogP contribution in [0.15, 0.2) is 47.5 Å². The normalized spacial score (nSPS) is 15.6. The summed E-state index contributed by atoms with van der Waals surface area (Å²) in [6.45, 7) is 3.25. The molecular formula is C22H22F3N5O. The summed E-state index contributed by atoms with van der Waals surface area (Å²) in [4.78, 5) is 21.4. The average molecular weight is 429 g/mol. The molecule has 2 N–H and O–H groups in total. The van der Waals surface area contributed by atoms with E-state index in [-0.39, 0.29) is 5.56 Å². The Morgan fingerprint density at radius 3 is 2.74 bits per heavy atom. The van der Waals surface area contributed by atoms with E-state index in [0.29, 0.717) is 34.5 Å². The first kappa shape index (κ1) is 21.0. The highest BCUT2D eigenvalue weighted by Crippen LogP contribution is 2.32. The molecule has 0 saturated heterocycles. The van der Waals surface area contributed by atoms with Crippen molar-refractivity contribution < 1.29 is 13.2 Å². The van der Waals surface area contributed by atoms with Gasteiger partial charge in [0.25, 0.3) is 5.56 Å². The smallest absolute Gasteiger partial charge is 0.363 e. The van der Waals surface area contributed by atoms with Crippen LogP contribution in [-0.4, -0.2) is 27.6 Å². The van der Waals surface area contributed by atoms with Crippen LogP contribution in [0.2, 0.25) is 0 Å².